The first kappa shape index (κ1) is 25.5. The molecule has 3 aromatic carbocycles. The molecule has 0 spiro atoms. The molecule has 2 aliphatic heterocycles. The Bertz CT molecular complexity index is 1330. The number of para-hydroxylation sites is 1. The van der Waals surface area contributed by atoms with Crippen molar-refractivity contribution in [1.82, 2.24) is 10.6 Å². The number of anilines is 1. The van der Waals surface area contributed by atoms with Crippen molar-refractivity contribution in [3.05, 3.63) is 96.1 Å². The lowest BCUT2D eigenvalue weighted by Crippen LogP contribution is -2.54. The number of amides is 3. The summed E-state index contributed by atoms with van der Waals surface area (Å²) >= 11 is 1.45. The molecule has 194 valence electrons. The Morgan fingerprint density at radius 2 is 1.61 bits per heavy atom. The molecule has 0 unspecified atom stereocenters. The summed E-state index contributed by atoms with van der Waals surface area (Å²) in [6.45, 7) is 0.119. The zero-order valence-electron chi connectivity index (χ0n) is 20.5. The van der Waals surface area contributed by atoms with Crippen LogP contribution in [0.3, 0.4) is 0 Å². The number of nitrogens with zero attached hydrogens (tertiary/aromatic N) is 1. The van der Waals surface area contributed by atoms with Crippen LogP contribution in [0.15, 0.2) is 89.8 Å². The van der Waals surface area contributed by atoms with Crippen molar-refractivity contribution >= 4 is 41.1 Å². The van der Waals surface area contributed by atoms with Crippen LogP contribution < -0.4 is 15.5 Å². The molecule has 8 nitrogen and oxygen atoms in total. The average molecular weight is 530 g/mol. The van der Waals surface area contributed by atoms with Crippen molar-refractivity contribution in [3.8, 4) is 0 Å². The van der Waals surface area contributed by atoms with Gasteiger partial charge in [-0.05, 0) is 23.3 Å². The fourth-order valence-corrected chi connectivity index (χ4v) is 5.90. The first-order valence-electron chi connectivity index (χ1n) is 12.4. The average Bonchev–Trinajstić information content (AvgIpc) is 3.35. The molecular weight excluding hydrogens is 502 g/mol. The lowest BCUT2D eigenvalue weighted by molar-refractivity contribution is -0.148. The van der Waals surface area contributed by atoms with Crippen LogP contribution in [0.4, 0.5) is 5.69 Å². The van der Waals surface area contributed by atoms with Gasteiger partial charge in [0, 0.05) is 24.3 Å². The van der Waals surface area contributed by atoms with Gasteiger partial charge < -0.3 is 20.3 Å². The number of esters is 1. The lowest BCUT2D eigenvalue weighted by atomic mass is 10.0. The number of benzene rings is 3. The predicted molar refractivity (Wildman–Crippen MR) is 143 cm³/mol. The maximum absolute atomic E-state index is 14.1. The highest BCUT2D eigenvalue weighted by atomic mass is 32.2. The minimum atomic E-state index is -0.997. The van der Waals surface area contributed by atoms with Crippen LogP contribution in [0.1, 0.15) is 29.2 Å². The van der Waals surface area contributed by atoms with Crippen molar-refractivity contribution in [2.24, 2.45) is 0 Å². The number of nitrogens with one attached hydrogen (secondary N) is 2. The summed E-state index contributed by atoms with van der Waals surface area (Å²) < 4.78 is 5.15. The summed E-state index contributed by atoms with van der Waals surface area (Å²) in [5.74, 6) is -1.69. The van der Waals surface area contributed by atoms with E-state index in [0.717, 1.165) is 16.0 Å². The summed E-state index contributed by atoms with van der Waals surface area (Å²) in [4.78, 5) is 54.1. The first-order valence-corrected chi connectivity index (χ1v) is 13.3. The van der Waals surface area contributed by atoms with Crippen LogP contribution in [0.2, 0.25) is 0 Å². The van der Waals surface area contributed by atoms with E-state index in [9.17, 15) is 19.2 Å². The monoisotopic (exact) mass is 529 g/mol. The molecule has 0 aromatic heterocycles. The summed E-state index contributed by atoms with van der Waals surface area (Å²) in [6.07, 6.45) is -0.516. The number of carbonyl (C=O) groups is 4. The van der Waals surface area contributed by atoms with Crippen molar-refractivity contribution < 1.29 is 23.9 Å². The summed E-state index contributed by atoms with van der Waals surface area (Å²) in [5, 5.41) is 5.27. The molecule has 5 rings (SSSR count). The summed E-state index contributed by atoms with van der Waals surface area (Å²) in [6, 6.07) is 25.4. The van der Waals surface area contributed by atoms with Gasteiger partial charge in [0.1, 0.15) is 12.6 Å². The number of rotatable bonds is 7. The minimum absolute atomic E-state index is 0.159. The largest absolute Gasteiger partial charge is 0.452 e. The Kier molecular flexibility index (Phi) is 7.74. The number of carbonyl (C=O) groups excluding carboxylic acids is 4. The van der Waals surface area contributed by atoms with Gasteiger partial charge >= 0.3 is 5.97 Å². The molecule has 1 saturated heterocycles. The van der Waals surface area contributed by atoms with Crippen LogP contribution >= 0.6 is 11.8 Å². The quantitative estimate of drug-likeness (QED) is 0.455. The third-order valence-electron chi connectivity index (χ3n) is 6.48. The highest BCUT2D eigenvalue weighted by molar-refractivity contribution is 7.99. The molecule has 0 radical (unpaired) electrons. The molecule has 2 heterocycles. The Hall–Kier alpha value is -4.11. The predicted octanol–water partition coefficient (Wildman–Crippen LogP) is 3.37. The second-order valence-corrected chi connectivity index (χ2v) is 10.3. The first-order chi connectivity index (χ1) is 18.5. The van der Waals surface area contributed by atoms with Crippen molar-refractivity contribution in [2.45, 2.75) is 41.7 Å². The van der Waals surface area contributed by atoms with Crippen LogP contribution in [0, 0.1) is 0 Å². The highest BCUT2D eigenvalue weighted by Crippen LogP contribution is 2.45. The lowest BCUT2D eigenvalue weighted by Gasteiger charge is -2.29. The second-order valence-electron chi connectivity index (χ2n) is 9.11. The van der Waals surface area contributed by atoms with Gasteiger partial charge in [-0.15, -0.1) is 11.8 Å². The third kappa shape index (κ3) is 5.73. The van der Waals surface area contributed by atoms with E-state index in [1.807, 2.05) is 78.9 Å². The second kappa shape index (κ2) is 11.5. The fourth-order valence-electron chi connectivity index (χ4n) is 4.56. The molecule has 2 aliphatic rings. The maximum atomic E-state index is 14.1. The summed E-state index contributed by atoms with van der Waals surface area (Å²) in [5.41, 5.74) is 2.39. The van der Waals surface area contributed by atoms with E-state index in [0.29, 0.717) is 12.2 Å². The van der Waals surface area contributed by atoms with Gasteiger partial charge in [-0.1, -0.05) is 72.8 Å². The van der Waals surface area contributed by atoms with Gasteiger partial charge in [-0.2, -0.15) is 0 Å². The van der Waals surface area contributed by atoms with Crippen molar-refractivity contribution in [2.75, 3.05) is 11.4 Å². The maximum Gasteiger partial charge on any atom is 0.306 e. The van der Waals surface area contributed by atoms with Gasteiger partial charge in [0.05, 0.1) is 10.9 Å². The number of ether oxygens (including phenoxy) is 1. The Labute approximate surface area is 224 Å². The minimum Gasteiger partial charge on any atom is -0.452 e. The molecule has 0 bridgehead atoms. The van der Waals surface area contributed by atoms with Crippen LogP contribution in [0.25, 0.3) is 0 Å². The number of thioether (sulfide) groups is 1. The van der Waals surface area contributed by atoms with E-state index in [4.69, 9.17) is 4.74 Å². The molecule has 3 atom stereocenters. The molecule has 38 heavy (non-hydrogen) atoms. The van der Waals surface area contributed by atoms with E-state index in [2.05, 4.69) is 10.6 Å². The van der Waals surface area contributed by atoms with Crippen molar-refractivity contribution in [1.29, 1.82) is 0 Å². The number of cyclic esters (lactones) is 1. The highest BCUT2D eigenvalue weighted by Gasteiger charge is 2.42. The number of hydrogen-bond donors (Lipinski definition) is 2. The standard InChI is InChI=1S/C29H27N3O5S/c33-24(30-17-19-9-3-1-4-10-19)18-32-21-13-7-8-14-23(21)38-27(20-11-5-2-6-12-20)26(29(32)36)31-28(35)22-15-16-25(34)37-22/h1-14,22,26-27H,15-18H2,(H,30,33)(H,31,35)/t22-,26+,27+/m0/s1. The Morgan fingerprint density at radius 3 is 2.32 bits per heavy atom. The van der Waals surface area contributed by atoms with Gasteiger partial charge in [0.15, 0.2) is 6.10 Å². The van der Waals surface area contributed by atoms with E-state index in [1.54, 1.807) is 6.07 Å². The summed E-state index contributed by atoms with van der Waals surface area (Å²) in [7, 11) is 0. The number of fused-ring (bicyclic) bond motifs is 1. The topological polar surface area (TPSA) is 105 Å². The molecule has 0 aliphatic carbocycles. The Balaban J connectivity index is 1.44. The van der Waals surface area contributed by atoms with E-state index < -0.39 is 35.2 Å². The van der Waals surface area contributed by atoms with E-state index in [1.165, 1.54) is 16.7 Å². The van der Waals surface area contributed by atoms with E-state index in [-0.39, 0.29) is 25.3 Å². The molecule has 9 heteroatoms. The van der Waals surface area contributed by atoms with Gasteiger partial charge in [0.2, 0.25) is 5.91 Å². The third-order valence-corrected chi connectivity index (χ3v) is 7.88. The molecule has 3 aromatic rings. The molecular formula is C29H27N3O5S. The molecule has 0 saturated carbocycles. The SMILES string of the molecule is O=C(CN1C(=O)[C@H](NC(=O)[C@@H]2CCC(=O)O2)[C@@H](c2ccccc2)Sc2ccccc21)NCc1ccccc1. The van der Waals surface area contributed by atoms with E-state index >= 15 is 0 Å². The molecule has 2 N–H and O–H groups in total. The van der Waals surface area contributed by atoms with Crippen LogP contribution in [-0.2, 0) is 30.5 Å². The fraction of sp³-hybridized carbons (Fsp3) is 0.241. The smallest absolute Gasteiger partial charge is 0.306 e. The van der Waals surface area contributed by atoms with Gasteiger partial charge in [-0.25, -0.2) is 0 Å². The zero-order valence-corrected chi connectivity index (χ0v) is 21.4. The van der Waals surface area contributed by atoms with Crippen LogP contribution in [0.5, 0.6) is 0 Å². The Morgan fingerprint density at radius 1 is 0.921 bits per heavy atom. The van der Waals surface area contributed by atoms with Gasteiger partial charge in [-0.3, -0.25) is 19.2 Å². The normalized spacial score (nSPS) is 20.7. The zero-order chi connectivity index (χ0) is 26.5. The molecule has 3 amide bonds. The van der Waals surface area contributed by atoms with Crippen molar-refractivity contribution in [3.63, 3.8) is 0 Å². The van der Waals surface area contributed by atoms with Gasteiger partial charge in [0.25, 0.3) is 11.8 Å². The number of hydrogen-bond acceptors (Lipinski definition) is 6. The molecule has 1 fully saturated rings. The van der Waals surface area contributed by atoms with Crippen LogP contribution in [-0.4, -0.2) is 42.4 Å².